The van der Waals surface area contributed by atoms with Crippen LogP contribution < -0.4 is 4.74 Å². The Labute approximate surface area is 139 Å². The molecule has 0 spiro atoms. The molecule has 0 radical (unpaired) electrons. The Hall–Kier alpha value is -0.850. The standard InChI is InChI=1S/C15H11ClINOS/c16-12-2-1-3-13-14(12)20-15(18-13)19-11-6-4-10(5-7-11)8-9-17/h1-7H,8-9H2. The zero-order valence-electron chi connectivity index (χ0n) is 10.5. The summed E-state index contributed by atoms with van der Waals surface area (Å²) in [6.07, 6.45) is 1.08. The molecule has 3 rings (SSSR count). The van der Waals surface area contributed by atoms with Gasteiger partial charge in [0.2, 0.25) is 0 Å². The maximum Gasteiger partial charge on any atom is 0.279 e. The summed E-state index contributed by atoms with van der Waals surface area (Å²) in [5.41, 5.74) is 2.19. The van der Waals surface area contributed by atoms with Crippen LogP contribution in [0.5, 0.6) is 10.9 Å². The van der Waals surface area contributed by atoms with Gasteiger partial charge < -0.3 is 4.74 Å². The molecule has 0 aliphatic rings. The molecule has 3 aromatic rings. The molecule has 0 bridgehead atoms. The number of hydrogen-bond donors (Lipinski definition) is 0. The van der Waals surface area contributed by atoms with E-state index in [4.69, 9.17) is 16.3 Å². The van der Waals surface area contributed by atoms with E-state index in [1.54, 1.807) is 0 Å². The molecule has 0 fully saturated rings. The number of aromatic nitrogens is 1. The number of rotatable bonds is 4. The molecular weight excluding hydrogens is 405 g/mol. The van der Waals surface area contributed by atoms with Gasteiger partial charge in [0.1, 0.15) is 5.75 Å². The van der Waals surface area contributed by atoms with Gasteiger partial charge >= 0.3 is 0 Å². The molecule has 102 valence electrons. The van der Waals surface area contributed by atoms with Crippen molar-refractivity contribution in [3.8, 4) is 10.9 Å². The Morgan fingerprint density at radius 1 is 1.15 bits per heavy atom. The first kappa shape index (κ1) is 14.1. The van der Waals surface area contributed by atoms with Gasteiger partial charge in [-0.25, -0.2) is 4.98 Å². The van der Waals surface area contributed by atoms with Crippen molar-refractivity contribution < 1.29 is 4.74 Å². The van der Waals surface area contributed by atoms with Crippen LogP contribution in [0.1, 0.15) is 5.56 Å². The number of fused-ring (bicyclic) bond motifs is 1. The molecule has 20 heavy (non-hydrogen) atoms. The number of halogens is 2. The predicted octanol–water partition coefficient (Wildman–Crippen LogP) is 5.72. The molecule has 2 nitrogen and oxygen atoms in total. The number of aryl methyl sites for hydroxylation is 1. The number of ether oxygens (including phenoxy) is 1. The molecule has 0 atom stereocenters. The molecule has 0 aliphatic carbocycles. The Morgan fingerprint density at radius 2 is 1.95 bits per heavy atom. The van der Waals surface area contributed by atoms with E-state index in [1.165, 1.54) is 16.9 Å². The maximum absolute atomic E-state index is 6.14. The van der Waals surface area contributed by atoms with E-state index >= 15 is 0 Å². The van der Waals surface area contributed by atoms with Crippen LogP contribution in [0.4, 0.5) is 0 Å². The predicted molar refractivity (Wildman–Crippen MR) is 93.7 cm³/mol. The van der Waals surface area contributed by atoms with Gasteiger partial charge in [0.15, 0.2) is 0 Å². The fourth-order valence-corrected chi connectivity index (χ4v) is 3.62. The maximum atomic E-state index is 6.14. The number of alkyl halides is 1. The average molecular weight is 416 g/mol. The van der Waals surface area contributed by atoms with E-state index in [-0.39, 0.29) is 0 Å². The Bertz CT molecular complexity index is 726. The minimum absolute atomic E-state index is 0.620. The Balaban J connectivity index is 1.83. The van der Waals surface area contributed by atoms with Gasteiger partial charge in [0.25, 0.3) is 5.19 Å². The first-order chi connectivity index (χ1) is 9.76. The highest BCUT2D eigenvalue weighted by molar-refractivity contribution is 14.1. The van der Waals surface area contributed by atoms with Gasteiger partial charge in [-0.15, -0.1) is 0 Å². The highest BCUT2D eigenvalue weighted by Crippen LogP contribution is 2.35. The lowest BCUT2D eigenvalue weighted by molar-refractivity contribution is 0.480. The van der Waals surface area contributed by atoms with Crippen molar-refractivity contribution in [1.82, 2.24) is 4.98 Å². The lowest BCUT2D eigenvalue weighted by Gasteiger charge is -2.02. The summed E-state index contributed by atoms with van der Waals surface area (Å²) < 4.78 is 7.88. The molecule has 0 unspecified atom stereocenters. The van der Waals surface area contributed by atoms with Crippen molar-refractivity contribution in [1.29, 1.82) is 0 Å². The van der Waals surface area contributed by atoms with Crippen LogP contribution in [0, 0.1) is 0 Å². The zero-order chi connectivity index (χ0) is 13.9. The minimum atomic E-state index is 0.620. The van der Waals surface area contributed by atoms with Crippen LogP contribution in [0.2, 0.25) is 5.02 Å². The van der Waals surface area contributed by atoms with Crippen molar-refractivity contribution in [2.24, 2.45) is 0 Å². The third-order valence-corrected chi connectivity index (χ3v) is 4.81. The van der Waals surface area contributed by atoms with Crippen LogP contribution in [-0.4, -0.2) is 9.41 Å². The van der Waals surface area contributed by atoms with E-state index in [0.29, 0.717) is 10.2 Å². The van der Waals surface area contributed by atoms with Crippen molar-refractivity contribution in [2.75, 3.05) is 4.43 Å². The fraction of sp³-hybridized carbons (Fsp3) is 0.133. The van der Waals surface area contributed by atoms with E-state index in [0.717, 1.165) is 26.8 Å². The quantitative estimate of drug-likeness (QED) is 0.402. The second kappa shape index (κ2) is 6.28. The third kappa shape index (κ3) is 3.07. The molecule has 1 heterocycles. The lowest BCUT2D eigenvalue weighted by atomic mass is 10.2. The topological polar surface area (TPSA) is 22.1 Å². The summed E-state index contributed by atoms with van der Waals surface area (Å²) in [5, 5.41) is 1.34. The molecular formula is C15H11ClINOS. The molecule has 5 heteroatoms. The van der Waals surface area contributed by atoms with Gasteiger partial charge in [0, 0.05) is 4.43 Å². The molecule has 0 saturated carbocycles. The molecule has 0 N–H and O–H groups in total. The van der Waals surface area contributed by atoms with Crippen molar-refractivity contribution in [3.63, 3.8) is 0 Å². The van der Waals surface area contributed by atoms with Gasteiger partial charge in [-0.1, -0.05) is 63.7 Å². The number of hydrogen-bond acceptors (Lipinski definition) is 3. The SMILES string of the molecule is Clc1cccc2nc(Oc3ccc(CCI)cc3)sc12. The first-order valence-electron chi connectivity index (χ1n) is 6.14. The minimum Gasteiger partial charge on any atom is -0.431 e. The Morgan fingerprint density at radius 3 is 2.65 bits per heavy atom. The number of thiazole rings is 1. The largest absolute Gasteiger partial charge is 0.431 e. The second-order valence-electron chi connectivity index (χ2n) is 4.25. The molecule has 0 amide bonds. The van der Waals surface area contributed by atoms with Gasteiger partial charge in [-0.3, -0.25) is 0 Å². The highest BCUT2D eigenvalue weighted by atomic mass is 127. The molecule has 0 aliphatic heterocycles. The Kier molecular flexibility index (Phi) is 4.43. The van der Waals surface area contributed by atoms with Crippen molar-refractivity contribution >= 4 is 55.7 Å². The molecule has 1 aromatic heterocycles. The highest BCUT2D eigenvalue weighted by Gasteiger charge is 2.08. The van der Waals surface area contributed by atoms with E-state index in [1.807, 2.05) is 30.3 Å². The number of nitrogens with zero attached hydrogens (tertiary/aromatic N) is 1. The van der Waals surface area contributed by atoms with Crippen molar-refractivity contribution in [2.45, 2.75) is 6.42 Å². The van der Waals surface area contributed by atoms with Gasteiger partial charge in [-0.05, 0) is 36.2 Å². The van der Waals surface area contributed by atoms with Gasteiger partial charge in [0.05, 0.1) is 15.2 Å². The molecule has 0 saturated heterocycles. The fourth-order valence-electron chi connectivity index (χ4n) is 1.87. The second-order valence-corrected chi connectivity index (χ2v) is 6.70. The van der Waals surface area contributed by atoms with Crippen LogP contribution in [-0.2, 0) is 6.42 Å². The summed E-state index contributed by atoms with van der Waals surface area (Å²) >= 11 is 9.99. The van der Waals surface area contributed by atoms with Gasteiger partial charge in [-0.2, -0.15) is 0 Å². The summed E-state index contributed by atoms with van der Waals surface area (Å²) in [4.78, 5) is 4.44. The van der Waals surface area contributed by atoms with Crippen LogP contribution in [0.3, 0.4) is 0 Å². The summed E-state index contributed by atoms with van der Waals surface area (Å²) in [6.45, 7) is 0. The third-order valence-electron chi connectivity index (χ3n) is 2.86. The summed E-state index contributed by atoms with van der Waals surface area (Å²) in [7, 11) is 0. The monoisotopic (exact) mass is 415 g/mol. The van der Waals surface area contributed by atoms with Crippen molar-refractivity contribution in [3.05, 3.63) is 53.1 Å². The number of benzene rings is 2. The van der Waals surface area contributed by atoms with E-state index in [2.05, 4.69) is 39.7 Å². The normalized spacial score (nSPS) is 10.9. The van der Waals surface area contributed by atoms with E-state index < -0.39 is 0 Å². The van der Waals surface area contributed by atoms with Crippen LogP contribution in [0.25, 0.3) is 10.2 Å². The average Bonchev–Trinajstić information content (AvgIpc) is 2.85. The molecule has 2 aromatic carbocycles. The summed E-state index contributed by atoms with van der Waals surface area (Å²) in [6, 6.07) is 13.8. The van der Waals surface area contributed by atoms with Crippen LogP contribution in [0.15, 0.2) is 42.5 Å². The van der Waals surface area contributed by atoms with Crippen LogP contribution >= 0.6 is 45.5 Å². The first-order valence-corrected chi connectivity index (χ1v) is 8.86. The smallest absolute Gasteiger partial charge is 0.279 e. The lowest BCUT2D eigenvalue weighted by Crippen LogP contribution is -1.87. The summed E-state index contributed by atoms with van der Waals surface area (Å²) in [5.74, 6) is 0.803. The zero-order valence-corrected chi connectivity index (χ0v) is 14.2. The van der Waals surface area contributed by atoms with E-state index in [9.17, 15) is 0 Å².